The molecule has 0 unspecified atom stereocenters. The molecule has 0 aromatic heterocycles. The molecule has 2 aliphatic heterocycles. The fourth-order valence-corrected chi connectivity index (χ4v) is 5.70. The van der Waals surface area contributed by atoms with Crippen LogP contribution in [-0.4, -0.2) is 33.5 Å². The molecule has 0 spiro atoms. The molecule has 2 aliphatic rings. The van der Waals surface area contributed by atoms with Gasteiger partial charge in [-0.15, -0.1) is 0 Å². The zero-order chi connectivity index (χ0) is 21.6. The van der Waals surface area contributed by atoms with E-state index in [1.165, 1.54) is 16.4 Å². The summed E-state index contributed by atoms with van der Waals surface area (Å²) in [5.41, 5.74) is 2.25. The smallest absolute Gasteiger partial charge is 0.269 e. The highest BCUT2D eigenvalue weighted by atomic mass is 35.5. The van der Waals surface area contributed by atoms with Gasteiger partial charge in [-0.05, 0) is 48.4 Å². The van der Waals surface area contributed by atoms with Crippen molar-refractivity contribution in [1.29, 1.82) is 0 Å². The van der Waals surface area contributed by atoms with Crippen molar-refractivity contribution >= 4 is 38.9 Å². The first-order valence-electron chi connectivity index (χ1n) is 9.88. The van der Waals surface area contributed by atoms with E-state index >= 15 is 0 Å². The lowest BCUT2D eigenvalue weighted by atomic mass is 10.1. The fourth-order valence-electron chi connectivity index (χ4n) is 4.04. The molecule has 0 saturated heterocycles. The Morgan fingerprint density at radius 3 is 2.52 bits per heavy atom. The lowest BCUT2D eigenvalue weighted by Crippen LogP contribution is -2.51. The van der Waals surface area contributed by atoms with Crippen LogP contribution in [0.15, 0.2) is 77.7 Å². The van der Waals surface area contributed by atoms with Crippen molar-refractivity contribution in [3.63, 3.8) is 0 Å². The van der Waals surface area contributed by atoms with E-state index in [-0.39, 0.29) is 17.3 Å². The summed E-state index contributed by atoms with van der Waals surface area (Å²) >= 11 is 6.14. The van der Waals surface area contributed by atoms with E-state index in [0.29, 0.717) is 23.0 Å². The highest BCUT2D eigenvalue weighted by molar-refractivity contribution is 7.92. The molecule has 8 heteroatoms. The molecule has 31 heavy (non-hydrogen) atoms. The first kappa shape index (κ1) is 19.9. The van der Waals surface area contributed by atoms with Crippen LogP contribution in [0.4, 0.5) is 11.4 Å². The highest BCUT2D eigenvalue weighted by Crippen LogP contribution is 2.39. The predicted octanol–water partition coefficient (Wildman–Crippen LogP) is 3.89. The SMILES string of the molecule is O=C([C@@H]1CN(S(=O)(=O)c2ccccc2)c2cc(Cl)ccc2O1)N1CCc2ccccc21. The number of sulfonamides is 1. The summed E-state index contributed by atoms with van der Waals surface area (Å²) in [7, 11) is -3.92. The number of amides is 1. The number of carbonyl (C=O) groups excluding carboxylic acids is 1. The number of hydrogen-bond acceptors (Lipinski definition) is 4. The second-order valence-corrected chi connectivity index (χ2v) is 9.74. The van der Waals surface area contributed by atoms with E-state index in [1.807, 2.05) is 24.3 Å². The van der Waals surface area contributed by atoms with Crippen LogP contribution in [0.2, 0.25) is 5.02 Å². The Hall–Kier alpha value is -3.03. The van der Waals surface area contributed by atoms with Crippen LogP contribution in [0, 0.1) is 0 Å². The summed E-state index contributed by atoms with van der Waals surface area (Å²) < 4.78 is 34.1. The molecule has 0 fully saturated rings. The molecule has 6 nitrogen and oxygen atoms in total. The molecular formula is C23H19ClN2O4S. The van der Waals surface area contributed by atoms with Crippen molar-refractivity contribution in [1.82, 2.24) is 0 Å². The Kier molecular flexibility index (Phi) is 4.87. The first-order valence-corrected chi connectivity index (χ1v) is 11.7. The number of para-hydroxylation sites is 1. The minimum absolute atomic E-state index is 0.137. The lowest BCUT2D eigenvalue weighted by molar-refractivity contribution is -0.125. The van der Waals surface area contributed by atoms with Gasteiger partial charge in [-0.1, -0.05) is 48.0 Å². The minimum atomic E-state index is -3.92. The summed E-state index contributed by atoms with van der Waals surface area (Å²) in [4.78, 5) is 15.2. The molecule has 2 heterocycles. The molecule has 1 amide bonds. The third-order valence-corrected chi connectivity index (χ3v) is 7.58. The van der Waals surface area contributed by atoms with Gasteiger partial charge in [0.25, 0.3) is 15.9 Å². The van der Waals surface area contributed by atoms with Crippen LogP contribution in [0.25, 0.3) is 0 Å². The molecular weight excluding hydrogens is 436 g/mol. The van der Waals surface area contributed by atoms with E-state index in [1.54, 1.807) is 41.3 Å². The molecule has 3 aromatic carbocycles. The summed E-state index contributed by atoms with van der Waals surface area (Å²) in [6, 6.07) is 20.6. The summed E-state index contributed by atoms with van der Waals surface area (Å²) in [6.45, 7) is 0.402. The second kappa shape index (κ2) is 7.59. The maximum absolute atomic E-state index is 13.5. The van der Waals surface area contributed by atoms with Crippen molar-refractivity contribution in [2.24, 2.45) is 0 Å². The van der Waals surface area contributed by atoms with Crippen LogP contribution >= 0.6 is 11.6 Å². The molecule has 5 rings (SSSR count). The van der Waals surface area contributed by atoms with Crippen molar-refractivity contribution in [3.05, 3.63) is 83.4 Å². The van der Waals surface area contributed by atoms with Crippen molar-refractivity contribution in [3.8, 4) is 5.75 Å². The number of hydrogen-bond donors (Lipinski definition) is 0. The third-order valence-electron chi connectivity index (χ3n) is 5.55. The van der Waals surface area contributed by atoms with E-state index in [2.05, 4.69) is 0 Å². The van der Waals surface area contributed by atoms with E-state index in [9.17, 15) is 13.2 Å². The Bertz CT molecular complexity index is 1260. The van der Waals surface area contributed by atoms with Crippen molar-refractivity contribution in [2.45, 2.75) is 17.4 Å². The van der Waals surface area contributed by atoms with E-state index in [4.69, 9.17) is 16.3 Å². The molecule has 0 aliphatic carbocycles. The Balaban J connectivity index is 1.54. The normalized spacial score (nSPS) is 17.6. The third kappa shape index (κ3) is 3.43. The molecule has 1 atom stereocenters. The summed E-state index contributed by atoms with van der Waals surface area (Å²) in [5.74, 6) is 0.0415. The number of carbonyl (C=O) groups is 1. The number of fused-ring (bicyclic) bond motifs is 2. The zero-order valence-corrected chi connectivity index (χ0v) is 18.0. The summed E-state index contributed by atoms with van der Waals surface area (Å²) in [6.07, 6.45) is -0.217. The largest absolute Gasteiger partial charge is 0.476 e. The van der Waals surface area contributed by atoms with E-state index < -0.39 is 16.1 Å². The second-order valence-electron chi connectivity index (χ2n) is 7.44. The minimum Gasteiger partial charge on any atom is -0.476 e. The number of anilines is 2. The average Bonchev–Trinajstić information content (AvgIpc) is 3.22. The van der Waals surface area contributed by atoms with Gasteiger partial charge in [-0.25, -0.2) is 8.42 Å². The molecule has 0 N–H and O–H groups in total. The van der Waals surface area contributed by atoms with Gasteiger partial charge in [0.1, 0.15) is 5.75 Å². The van der Waals surface area contributed by atoms with Gasteiger partial charge in [-0.2, -0.15) is 0 Å². The lowest BCUT2D eigenvalue weighted by Gasteiger charge is -2.36. The number of ether oxygens (including phenoxy) is 1. The monoisotopic (exact) mass is 454 g/mol. The standard InChI is InChI=1S/C23H19ClN2O4S/c24-17-10-11-21-20(14-17)26(31(28,29)18-7-2-1-3-8-18)15-22(30-21)23(27)25-13-12-16-6-4-5-9-19(16)25/h1-11,14,22H,12-13,15H2/t22-/m0/s1. The zero-order valence-electron chi connectivity index (χ0n) is 16.4. The van der Waals surface area contributed by atoms with Gasteiger partial charge in [0.2, 0.25) is 0 Å². The Labute approximate surface area is 185 Å². The van der Waals surface area contributed by atoms with Gasteiger partial charge < -0.3 is 9.64 Å². The highest BCUT2D eigenvalue weighted by Gasteiger charge is 2.40. The van der Waals surface area contributed by atoms with Crippen molar-refractivity contribution in [2.75, 3.05) is 22.3 Å². The molecule has 158 valence electrons. The maximum atomic E-state index is 13.5. The van der Waals surface area contributed by atoms with Crippen LogP contribution < -0.4 is 13.9 Å². The van der Waals surface area contributed by atoms with Gasteiger partial charge in [0.15, 0.2) is 6.10 Å². The number of halogens is 1. The van der Waals surface area contributed by atoms with Crippen LogP contribution in [0.5, 0.6) is 5.75 Å². The molecule has 3 aromatic rings. The quantitative estimate of drug-likeness (QED) is 0.602. The molecule has 0 bridgehead atoms. The van der Waals surface area contributed by atoms with Crippen LogP contribution in [-0.2, 0) is 21.2 Å². The topological polar surface area (TPSA) is 66.9 Å². The molecule has 0 radical (unpaired) electrons. The average molecular weight is 455 g/mol. The van der Waals surface area contributed by atoms with Gasteiger partial charge in [0, 0.05) is 17.3 Å². The Morgan fingerprint density at radius 1 is 0.968 bits per heavy atom. The van der Waals surface area contributed by atoms with Crippen molar-refractivity contribution < 1.29 is 17.9 Å². The number of benzene rings is 3. The Morgan fingerprint density at radius 2 is 1.71 bits per heavy atom. The van der Waals surface area contributed by atoms with E-state index in [0.717, 1.165) is 17.7 Å². The number of rotatable bonds is 3. The van der Waals surface area contributed by atoms with Gasteiger partial charge in [-0.3, -0.25) is 9.10 Å². The first-order chi connectivity index (χ1) is 14.9. The van der Waals surface area contributed by atoms with Crippen LogP contribution in [0.3, 0.4) is 0 Å². The van der Waals surface area contributed by atoms with Crippen LogP contribution in [0.1, 0.15) is 5.56 Å². The number of nitrogens with zero attached hydrogens (tertiary/aromatic N) is 2. The fraction of sp³-hybridized carbons (Fsp3) is 0.174. The summed E-state index contributed by atoms with van der Waals surface area (Å²) in [5, 5.41) is 0.383. The van der Waals surface area contributed by atoms with Gasteiger partial charge in [0.05, 0.1) is 17.1 Å². The maximum Gasteiger partial charge on any atom is 0.269 e. The predicted molar refractivity (Wildman–Crippen MR) is 119 cm³/mol. The van der Waals surface area contributed by atoms with Gasteiger partial charge >= 0.3 is 0 Å². The molecule has 0 saturated carbocycles.